The van der Waals surface area contributed by atoms with Gasteiger partial charge in [0.15, 0.2) is 0 Å². The van der Waals surface area contributed by atoms with Gasteiger partial charge in [0.2, 0.25) is 0 Å². The fourth-order valence-electron chi connectivity index (χ4n) is 2.08. The van der Waals surface area contributed by atoms with E-state index in [0.717, 1.165) is 31.5 Å². The Balaban J connectivity index is 0.00000162. The molecule has 1 aromatic rings. The number of carbonyl (C=O) groups excluding carboxylic acids is 1. The molecule has 5 heteroatoms. The summed E-state index contributed by atoms with van der Waals surface area (Å²) < 4.78 is 0. The van der Waals surface area contributed by atoms with Gasteiger partial charge in [0.1, 0.15) is 0 Å². The van der Waals surface area contributed by atoms with Crippen molar-refractivity contribution < 1.29 is 4.79 Å². The molecule has 3 nitrogen and oxygen atoms in total. The third-order valence-electron chi connectivity index (χ3n) is 3.08. The highest BCUT2D eigenvalue weighted by molar-refractivity contribution is 6.31. The Morgan fingerprint density at radius 3 is 2.94 bits per heavy atom. The molecule has 2 rings (SSSR count). The molecular formula is C13H18Cl2N2O. The van der Waals surface area contributed by atoms with Crippen LogP contribution in [0.1, 0.15) is 28.8 Å². The zero-order valence-electron chi connectivity index (χ0n) is 10.3. The van der Waals surface area contributed by atoms with Crippen LogP contribution in [0, 0.1) is 6.92 Å². The number of rotatable bonds is 2. The van der Waals surface area contributed by atoms with Crippen molar-refractivity contribution in [1.29, 1.82) is 0 Å². The molecule has 1 atom stereocenters. The predicted molar refractivity (Wildman–Crippen MR) is 76.8 cm³/mol. The maximum Gasteiger partial charge on any atom is 0.251 e. The summed E-state index contributed by atoms with van der Waals surface area (Å²) in [5.41, 5.74) is 1.62. The highest BCUT2D eigenvalue weighted by atomic mass is 35.5. The molecule has 0 aliphatic carbocycles. The maximum atomic E-state index is 12.1. The van der Waals surface area contributed by atoms with Crippen molar-refractivity contribution in [3.8, 4) is 0 Å². The summed E-state index contributed by atoms with van der Waals surface area (Å²) in [5.74, 6) is -0.0290. The van der Waals surface area contributed by atoms with Gasteiger partial charge in [-0.3, -0.25) is 4.79 Å². The number of hydrogen-bond acceptors (Lipinski definition) is 2. The summed E-state index contributed by atoms with van der Waals surface area (Å²) in [6.45, 7) is 3.82. The van der Waals surface area contributed by atoms with Gasteiger partial charge in [-0.1, -0.05) is 17.7 Å². The van der Waals surface area contributed by atoms with Gasteiger partial charge >= 0.3 is 0 Å². The molecule has 1 saturated heterocycles. The Labute approximate surface area is 119 Å². The fraction of sp³-hybridized carbons (Fsp3) is 0.462. The SMILES string of the molecule is Cc1ccc(Cl)cc1C(=O)N[C@H]1CCCNC1.Cl. The molecule has 100 valence electrons. The summed E-state index contributed by atoms with van der Waals surface area (Å²) in [6, 6.07) is 5.63. The van der Waals surface area contributed by atoms with Crippen LogP contribution in [0.5, 0.6) is 0 Å². The minimum absolute atomic E-state index is 0. The van der Waals surface area contributed by atoms with E-state index in [2.05, 4.69) is 10.6 Å². The largest absolute Gasteiger partial charge is 0.348 e. The van der Waals surface area contributed by atoms with E-state index in [1.165, 1.54) is 0 Å². The Bertz CT molecular complexity index is 417. The molecule has 1 aromatic carbocycles. The normalized spacial score (nSPS) is 18.9. The van der Waals surface area contributed by atoms with E-state index < -0.39 is 0 Å². The zero-order chi connectivity index (χ0) is 12.3. The van der Waals surface area contributed by atoms with Crippen LogP contribution >= 0.6 is 24.0 Å². The number of benzene rings is 1. The summed E-state index contributed by atoms with van der Waals surface area (Å²) >= 11 is 5.91. The molecule has 0 spiro atoms. The van der Waals surface area contributed by atoms with Gasteiger partial charge in [-0.15, -0.1) is 12.4 Å². The molecule has 0 saturated carbocycles. The minimum Gasteiger partial charge on any atom is -0.348 e. The first kappa shape index (κ1) is 15.3. The highest BCUT2D eigenvalue weighted by Gasteiger charge is 2.17. The number of hydrogen-bond donors (Lipinski definition) is 2. The van der Waals surface area contributed by atoms with E-state index in [-0.39, 0.29) is 24.4 Å². The monoisotopic (exact) mass is 288 g/mol. The van der Waals surface area contributed by atoms with Crippen molar-refractivity contribution >= 4 is 29.9 Å². The standard InChI is InChI=1S/C13H17ClN2O.ClH/c1-9-4-5-10(14)7-12(9)13(17)16-11-3-2-6-15-8-11;/h4-5,7,11,15H,2-3,6,8H2,1H3,(H,16,17);1H/t11-;/m0./s1. The zero-order valence-corrected chi connectivity index (χ0v) is 11.9. The second kappa shape index (κ2) is 6.98. The second-order valence-corrected chi connectivity index (χ2v) is 4.91. The number of piperidine rings is 1. The van der Waals surface area contributed by atoms with Crippen LogP contribution in [0.15, 0.2) is 18.2 Å². The molecule has 0 unspecified atom stereocenters. The third kappa shape index (κ3) is 3.87. The number of halogens is 2. The summed E-state index contributed by atoms with van der Waals surface area (Å²) in [4.78, 5) is 12.1. The van der Waals surface area contributed by atoms with Crippen LogP contribution in [0.3, 0.4) is 0 Å². The lowest BCUT2D eigenvalue weighted by atomic mass is 10.1. The van der Waals surface area contributed by atoms with Gasteiger partial charge < -0.3 is 10.6 Å². The predicted octanol–water partition coefficient (Wildman–Crippen LogP) is 2.55. The molecule has 0 aromatic heterocycles. The molecule has 1 heterocycles. The van der Waals surface area contributed by atoms with Crippen molar-refractivity contribution in [1.82, 2.24) is 10.6 Å². The first-order valence-corrected chi connectivity index (χ1v) is 6.32. The first-order valence-electron chi connectivity index (χ1n) is 5.94. The lowest BCUT2D eigenvalue weighted by Crippen LogP contribution is -2.45. The van der Waals surface area contributed by atoms with E-state index in [4.69, 9.17) is 11.6 Å². The second-order valence-electron chi connectivity index (χ2n) is 4.48. The Morgan fingerprint density at radius 1 is 1.50 bits per heavy atom. The van der Waals surface area contributed by atoms with Crippen LogP contribution in [0.4, 0.5) is 0 Å². The quantitative estimate of drug-likeness (QED) is 0.878. The topological polar surface area (TPSA) is 41.1 Å². The molecular weight excluding hydrogens is 271 g/mol. The Hall–Kier alpha value is -0.770. The average Bonchev–Trinajstić information content (AvgIpc) is 2.33. The van der Waals surface area contributed by atoms with Crippen molar-refractivity contribution in [2.45, 2.75) is 25.8 Å². The van der Waals surface area contributed by atoms with Crippen LogP contribution in [0.2, 0.25) is 5.02 Å². The average molecular weight is 289 g/mol. The van der Waals surface area contributed by atoms with Gasteiger partial charge in [0.05, 0.1) is 0 Å². The molecule has 0 bridgehead atoms. The summed E-state index contributed by atoms with van der Waals surface area (Å²) in [7, 11) is 0. The van der Waals surface area contributed by atoms with Crippen molar-refractivity contribution in [3.63, 3.8) is 0 Å². The molecule has 1 aliphatic heterocycles. The summed E-state index contributed by atoms with van der Waals surface area (Å²) in [6.07, 6.45) is 2.15. The molecule has 0 radical (unpaired) electrons. The number of carbonyl (C=O) groups is 1. The first-order chi connectivity index (χ1) is 8.16. The summed E-state index contributed by atoms with van der Waals surface area (Å²) in [5, 5.41) is 6.92. The molecule has 2 N–H and O–H groups in total. The van der Waals surface area contributed by atoms with Gasteiger partial charge in [-0.05, 0) is 44.0 Å². The van der Waals surface area contributed by atoms with E-state index in [9.17, 15) is 4.79 Å². The van der Waals surface area contributed by atoms with Gasteiger partial charge in [-0.2, -0.15) is 0 Å². The van der Waals surface area contributed by atoms with Crippen LogP contribution < -0.4 is 10.6 Å². The number of amides is 1. The smallest absolute Gasteiger partial charge is 0.251 e. The van der Waals surface area contributed by atoms with Crippen molar-refractivity contribution in [2.75, 3.05) is 13.1 Å². The Morgan fingerprint density at radius 2 is 2.28 bits per heavy atom. The van der Waals surface area contributed by atoms with E-state index in [0.29, 0.717) is 10.6 Å². The molecule has 18 heavy (non-hydrogen) atoms. The minimum atomic E-state index is -0.0290. The highest BCUT2D eigenvalue weighted by Crippen LogP contribution is 2.15. The lowest BCUT2D eigenvalue weighted by molar-refractivity contribution is 0.0930. The molecule has 1 amide bonds. The van der Waals surface area contributed by atoms with Crippen LogP contribution in [-0.2, 0) is 0 Å². The van der Waals surface area contributed by atoms with Gasteiger partial charge in [0.25, 0.3) is 5.91 Å². The number of nitrogens with one attached hydrogen (secondary N) is 2. The van der Waals surface area contributed by atoms with Gasteiger partial charge in [-0.25, -0.2) is 0 Å². The number of aryl methyl sites for hydroxylation is 1. The molecule has 1 aliphatic rings. The van der Waals surface area contributed by atoms with Crippen molar-refractivity contribution in [3.05, 3.63) is 34.3 Å². The Kier molecular flexibility index (Phi) is 5.93. The molecule has 1 fully saturated rings. The van der Waals surface area contributed by atoms with E-state index >= 15 is 0 Å². The third-order valence-corrected chi connectivity index (χ3v) is 3.31. The van der Waals surface area contributed by atoms with Crippen molar-refractivity contribution in [2.24, 2.45) is 0 Å². The van der Waals surface area contributed by atoms with Crippen LogP contribution in [-0.4, -0.2) is 25.0 Å². The van der Waals surface area contributed by atoms with E-state index in [1.54, 1.807) is 12.1 Å². The fourth-order valence-corrected chi connectivity index (χ4v) is 2.25. The lowest BCUT2D eigenvalue weighted by Gasteiger charge is -2.24. The van der Waals surface area contributed by atoms with Crippen LogP contribution in [0.25, 0.3) is 0 Å². The maximum absolute atomic E-state index is 12.1. The van der Waals surface area contributed by atoms with Gasteiger partial charge in [0, 0.05) is 23.2 Å². The van der Waals surface area contributed by atoms with E-state index in [1.807, 2.05) is 13.0 Å².